The monoisotopic (exact) mass is 669 g/mol. The predicted molar refractivity (Wildman–Crippen MR) is 178 cm³/mol. The highest BCUT2D eigenvalue weighted by Crippen LogP contribution is 2.39. The molecular weight excluding hydrogens is 623 g/mol. The summed E-state index contributed by atoms with van der Waals surface area (Å²) in [5.74, 6) is 0.728. The van der Waals surface area contributed by atoms with Crippen molar-refractivity contribution in [2.75, 3.05) is 69.1 Å². The fourth-order valence-electron chi connectivity index (χ4n) is 6.66. The Morgan fingerprint density at radius 3 is 2.21 bits per heavy atom. The highest BCUT2D eigenvalue weighted by molar-refractivity contribution is 5.91. The number of piperazine rings is 1. The number of rotatable bonds is 7. The van der Waals surface area contributed by atoms with Gasteiger partial charge in [-0.25, -0.2) is 14.6 Å². The van der Waals surface area contributed by atoms with E-state index in [1.165, 1.54) is 12.1 Å². The van der Waals surface area contributed by atoms with Crippen LogP contribution in [0.4, 0.5) is 35.2 Å². The molecule has 3 fully saturated rings. The summed E-state index contributed by atoms with van der Waals surface area (Å²) in [7, 11) is 0. The van der Waals surface area contributed by atoms with E-state index >= 15 is 0 Å². The van der Waals surface area contributed by atoms with E-state index in [1.54, 1.807) is 11.1 Å². The summed E-state index contributed by atoms with van der Waals surface area (Å²) in [4.78, 5) is 41.3. The quantitative estimate of drug-likeness (QED) is 0.348. The smallest absolute Gasteiger partial charge is 0.410 e. The number of carbonyl (C=O) groups excluding carboxylic acids is 2. The largest absolute Gasteiger partial charge is 0.444 e. The lowest BCUT2D eigenvalue weighted by molar-refractivity contribution is -0.136. The third kappa shape index (κ3) is 9.60. The second kappa shape index (κ2) is 15.1. The Labute approximate surface area is 281 Å². The van der Waals surface area contributed by atoms with Crippen molar-refractivity contribution in [2.45, 2.75) is 64.8 Å². The predicted octanol–water partition coefficient (Wildman–Crippen LogP) is 6.27. The third-order valence-electron chi connectivity index (χ3n) is 9.37. The Bertz CT molecular complexity index is 1450. The van der Waals surface area contributed by atoms with E-state index in [0.29, 0.717) is 56.4 Å². The summed E-state index contributed by atoms with van der Waals surface area (Å²) in [6, 6.07) is 7.59. The number of aromatic nitrogens is 1. The number of benzene rings is 1. The van der Waals surface area contributed by atoms with Crippen LogP contribution in [0.3, 0.4) is 0 Å². The van der Waals surface area contributed by atoms with Crippen molar-refractivity contribution in [2.24, 2.45) is 11.8 Å². The Morgan fingerprint density at radius 1 is 0.938 bits per heavy atom. The SMILES string of the molecule is [C-]#[N+]c1ccc(N2CCC(C(=O)Nc3ccc(CN4CCC(CN5CCN(C(=O)OC(C)(C)C)CC5)CC4)cn3)CC2)cc1C(F)(F)F. The zero-order valence-corrected chi connectivity index (χ0v) is 28.1. The number of piperidine rings is 2. The van der Waals surface area contributed by atoms with Gasteiger partial charge in [-0.2, -0.15) is 13.2 Å². The van der Waals surface area contributed by atoms with Crippen LogP contribution < -0.4 is 10.2 Å². The van der Waals surface area contributed by atoms with Gasteiger partial charge in [0.05, 0.1) is 12.1 Å². The molecule has 3 aliphatic heterocycles. The van der Waals surface area contributed by atoms with Crippen molar-refractivity contribution in [3.8, 4) is 0 Å². The molecule has 3 saturated heterocycles. The van der Waals surface area contributed by atoms with Gasteiger partial charge in [0, 0.05) is 70.2 Å². The van der Waals surface area contributed by atoms with E-state index in [2.05, 4.69) is 24.9 Å². The molecule has 1 N–H and O–H groups in total. The summed E-state index contributed by atoms with van der Waals surface area (Å²) in [5.41, 5.74) is -0.333. The van der Waals surface area contributed by atoms with Crippen LogP contribution in [0.1, 0.15) is 57.6 Å². The minimum Gasteiger partial charge on any atom is -0.444 e. The van der Waals surface area contributed by atoms with Crippen LogP contribution in [-0.2, 0) is 22.3 Å². The molecule has 13 heteroatoms. The average Bonchev–Trinajstić information content (AvgIpc) is 3.05. The van der Waals surface area contributed by atoms with Gasteiger partial charge in [0.25, 0.3) is 0 Å². The first-order chi connectivity index (χ1) is 22.8. The van der Waals surface area contributed by atoms with Crippen molar-refractivity contribution >= 4 is 29.2 Å². The average molecular weight is 670 g/mol. The Kier molecular flexibility index (Phi) is 11.2. The second-order valence-electron chi connectivity index (χ2n) is 14.1. The highest BCUT2D eigenvalue weighted by atomic mass is 19.4. The number of hydrogen-bond acceptors (Lipinski definition) is 7. The van der Waals surface area contributed by atoms with Gasteiger partial charge in [-0.15, -0.1) is 0 Å². The summed E-state index contributed by atoms with van der Waals surface area (Å²) >= 11 is 0. The van der Waals surface area contributed by atoms with Crippen molar-refractivity contribution in [3.63, 3.8) is 0 Å². The third-order valence-corrected chi connectivity index (χ3v) is 9.37. The van der Waals surface area contributed by atoms with E-state index in [-0.39, 0.29) is 17.9 Å². The number of amides is 2. The molecule has 0 saturated carbocycles. The van der Waals surface area contributed by atoms with Crippen LogP contribution in [0, 0.1) is 18.4 Å². The summed E-state index contributed by atoms with van der Waals surface area (Å²) in [5, 5.41) is 2.91. The molecule has 3 aliphatic rings. The van der Waals surface area contributed by atoms with Crippen LogP contribution in [-0.4, -0.2) is 96.2 Å². The lowest BCUT2D eigenvalue weighted by atomic mass is 9.95. The van der Waals surface area contributed by atoms with E-state index < -0.39 is 23.0 Å². The molecule has 5 rings (SSSR count). The van der Waals surface area contributed by atoms with Gasteiger partial charge in [0.1, 0.15) is 11.4 Å². The van der Waals surface area contributed by atoms with Crippen LogP contribution in [0.2, 0.25) is 0 Å². The molecular formula is C35H46F3N7O3. The molecule has 260 valence electrons. The Morgan fingerprint density at radius 2 is 1.62 bits per heavy atom. The minimum absolute atomic E-state index is 0.137. The van der Waals surface area contributed by atoms with Crippen molar-refractivity contribution < 1.29 is 27.5 Å². The maximum Gasteiger partial charge on any atom is 0.410 e. The first-order valence-corrected chi connectivity index (χ1v) is 16.8. The molecule has 10 nitrogen and oxygen atoms in total. The summed E-state index contributed by atoms with van der Waals surface area (Å²) in [6.07, 6.45) is 0.249. The highest BCUT2D eigenvalue weighted by Gasteiger charge is 2.35. The van der Waals surface area contributed by atoms with Gasteiger partial charge < -0.3 is 19.9 Å². The number of ether oxygens (including phenoxy) is 1. The molecule has 0 atom stereocenters. The number of likely N-dealkylation sites (tertiary alicyclic amines) is 1. The molecule has 48 heavy (non-hydrogen) atoms. The van der Waals surface area contributed by atoms with Gasteiger partial charge >= 0.3 is 12.3 Å². The molecule has 4 heterocycles. The van der Waals surface area contributed by atoms with E-state index in [4.69, 9.17) is 11.3 Å². The normalized spacial score (nSPS) is 19.2. The van der Waals surface area contributed by atoms with Crippen LogP contribution in [0.15, 0.2) is 36.5 Å². The van der Waals surface area contributed by atoms with E-state index in [0.717, 1.165) is 63.7 Å². The molecule has 1 aromatic carbocycles. The van der Waals surface area contributed by atoms with Gasteiger partial charge in [-0.3, -0.25) is 14.6 Å². The lowest BCUT2D eigenvalue weighted by Gasteiger charge is -2.39. The molecule has 0 radical (unpaired) electrons. The maximum atomic E-state index is 13.4. The van der Waals surface area contributed by atoms with E-state index in [9.17, 15) is 22.8 Å². The van der Waals surface area contributed by atoms with Crippen LogP contribution >= 0.6 is 0 Å². The molecule has 0 aliphatic carbocycles. The van der Waals surface area contributed by atoms with Crippen LogP contribution in [0.25, 0.3) is 4.85 Å². The topological polar surface area (TPSA) is 85.6 Å². The first kappa shape index (κ1) is 35.4. The van der Waals surface area contributed by atoms with Gasteiger partial charge in [0.15, 0.2) is 5.69 Å². The standard InChI is InChI=1S/C35H46F3N7O3/c1-34(2,3)48-33(47)45-19-17-43(18-20-45)23-25-9-13-42(14-10-25)24-26-5-8-31(40-22-26)41-32(46)27-11-15-44(16-12-27)28-6-7-30(39-4)29(21-28)35(36,37)38/h5-8,21-22,25,27H,9-20,23-24H2,1-3H3,(H,40,41,46). The molecule has 2 aromatic rings. The summed E-state index contributed by atoms with van der Waals surface area (Å²) in [6.45, 7) is 20.6. The van der Waals surface area contributed by atoms with Crippen LogP contribution in [0.5, 0.6) is 0 Å². The van der Waals surface area contributed by atoms with E-state index in [1.807, 2.05) is 37.8 Å². The number of anilines is 2. The van der Waals surface area contributed by atoms with Crippen molar-refractivity contribution in [3.05, 3.63) is 59.1 Å². The number of hydrogen-bond donors (Lipinski definition) is 1. The lowest BCUT2D eigenvalue weighted by Crippen LogP contribution is -2.51. The number of carbonyl (C=O) groups is 2. The minimum atomic E-state index is -4.60. The molecule has 0 unspecified atom stereocenters. The number of halogens is 3. The fourth-order valence-corrected chi connectivity index (χ4v) is 6.66. The van der Waals surface area contributed by atoms with Crippen molar-refractivity contribution in [1.82, 2.24) is 19.7 Å². The Balaban J connectivity index is 1.01. The molecule has 0 spiro atoms. The molecule has 2 amide bonds. The van der Waals surface area contributed by atoms with Gasteiger partial charge in [-0.1, -0.05) is 12.1 Å². The zero-order chi connectivity index (χ0) is 34.5. The van der Waals surface area contributed by atoms with Gasteiger partial charge in [0.2, 0.25) is 5.91 Å². The number of pyridine rings is 1. The number of alkyl halides is 3. The molecule has 0 bridgehead atoms. The fraction of sp³-hybridized carbons (Fsp3) is 0.600. The zero-order valence-electron chi connectivity index (χ0n) is 28.1. The number of nitrogens with one attached hydrogen (secondary N) is 1. The Hall–Kier alpha value is -3.89. The second-order valence-corrected chi connectivity index (χ2v) is 14.1. The number of nitrogens with zero attached hydrogens (tertiary/aromatic N) is 6. The maximum absolute atomic E-state index is 13.4. The van der Waals surface area contributed by atoms with Crippen molar-refractivity contribution in [1.29, 1.82) is 0 Å². The molecule has 1 aromatic heterocycles. The first-order valence-electron chi connectivity index (χ1n) is 16.8. The van der Waals surface area contributed by atoms with Gasteiger partial charge in [-0.05, 0) is 89.2 Å². The summed E-state index contributed by atoms with van der Waals surface area (Å²) < 4.78 is 45.7.